The van der Waals surface area contributed by atoms with Gasteiger partial charge in [-0.25, -0.2) is 4.39 Å². The first-order valence-electron chi connectivity index (χ1n) is 9.55. The van der Waals surface area contributed by atoms with Crippen molar-refractivity contribution < 1.29 is 14.3 Å². The number of likely N-dealkylation sites (tertiary alicyclic amines) is 1. The van der Waals surface area contributed by atoms with Gasteiger partial charge in [-0.05, 0) is 49.3 Å². The molecular formula is C20H29FN2O2. The summed E-state index contributed by atoms with van der Waals surface area (Å²) in [6.07, 6.45) is 6.87. The number of halogens is 1. The Bertz CT molecular complexity index is 549. The fourth-order valence-electron chi connectivity index (χ4n) is 4.06. The molecule has 1 saturated heterocycles. The van der Waals surface area contributed by atoms with Crippen molar-refractivity contribution in [3.8, 4) is 0 Å². The summed E-state index contributed by atoms with van der Waals surface area (Å²) in [5.74, 6) is 0.507. The van der Waals surface area contributed by atoms with Crippen molar-refractivity contribution >= 4 is 5.91 Å². The summed E-state index contributed by atoms with van der Waals surface area (Å²) < 4.78 is 13.0. The number of β-amino-alcohol motifs (C(OH)–C–C–N with tert-alkyl or cyclic N) is 1. The topological polar surface area (TPSA) is 52.6 Å². The number of rotatable bonds is 6. The van der Waals surface area contributed by atoms with Gasteiger partial charge in [0.15, 0.2) is 0 Å². The highest BCUT2D eigenvalue weighted by Gasteiger charge is 2.24. The predicted octanol–water partition coefficient (Wildman–Crippen LogP) is 3.02. The third-order valence-electron chi connectivity index (χ3n) is 5.59. The summed E-state index contributed by atoms with van der Waals surface area (Å²) in [7, 11) is 0. The molecular weight excluding hydrogens is 319 g/mol. The summed E-state index contributed by atoms with van der Waals surface area (Å²) in [6.45, 7) is 2.29. The van der Waals surface area contributed by atoms with Crippen molar-refractivity contribution in [2.24, 2.45) is 5.92 Å². The van der Waals surface area contributed by atoms with Gasteiger partial charge in [0.25, 0.3) is 0 Å². The van der Waals surface area contributed by atoms with E-state index in [1.54, 1.807) is 12.1 Å². The first-order chi connectivity index (χ1) is 12.1. The Labute approximate surface area is 149 Å². The SMILES string of the molecule is O=C(CC1CCCC1)NC1CCN(CC(O)c2ccc(F)cc2)CC1. The van der Waals surface area contributed by atoms with Gasteiger partial charge in [0.1, 0.15) is 5.82 Å². The maximum Gasteiger partial charge on any atom is 0.220 e. The number of hydrogen-bond acceptors (Lipinski definition) is 3. The molecule has 3 rings (SSSR count). The van der Waals surface area contributed by atoms with Gasteiger partial charge < -0.3 is 15.3 Å². The molecule has 25 heavy (non-hydrogen) atoms. The number of aliphatic hydroxyl groups excluding tert-OH is 1. The third-order valence-corrected chi connectivity index (χ3v) is 5.59. The molecule has 1 unspecified atom stereocenters. The molecule has 1 aromatic carbocycles. The Hall–Kier alpha value is -1.46. The molecule has 0 radical (unpaired) electrons. The summed E-state index contributed by atoms with van der Waals surface area (Å²) in [4.78, 5) is 14.4. The number of benzene rings is 1. The Morgan fingerprint density at radius 3 is 2.44 bits per heavy atom. The van der Waals surface area contributed by atoms with E-state index in [0.717, 1.165) is 31.5 Å². The minimum Gasteiger partial charge on any atom is -0.387 e. The number of carbonyl (C=O) groups is 1. The minimum atomic E-state index is -0.603. The molecule has 4 nitrogen and oxygen atoms in total. The Morgan fingerprint density at radius 1 is 1.16 bits per heavy atom. The van der Waals surface area contributed by atoms with E-state index in [2.05, 4.69) is 10.2 Å². The number of piperidine rings is 1. The van der Waals surface area contributed by atoms with E-state index in [-0.39, 0.29) is 17.8 Å². The first kappa shape index (κ1) is 18.3. The molecule has 1 aliphatic carbocycles. The van der Waals surface area contributed by atoms with E-state index in [0.29, 0.717) is 18.9 Å². The lowest BCUT2D eigenvalue weighted by atomic mass is 10.0. The van der Waals surface area contributed by atoms with Crippen molar-refractivity contribution in [3.63, 3.8) is 0 Å². The van der Waals surface area contributed by atoms with E-state index >= 15 is 0 Å². The second kappa shape index (κ2) is 8.77. The molecule has 5 heteroatoms. The maximum atomic E-state index is 13.0. The monoisotopic (exact) mass is 348 g/mol. The number of amides is 1. The van der Waals surface area contributed by atoms with E-state index in [1.807, 2.05) is 0 Å². The molecule has 2 fully saturated rings. The highest BCUT2D eigenvalue weighted by Crippen LogP contribution is 2.27. The average Bonchev–Trinajstić information content (AvgIpc) is 3.10. The van der Waals surface area contributed by atoms with Crippen LogP contribution in [0.3, 0.4) is 0 Å². The lowest BCUT2D eigenvalue weighted by Gasteiger charge is -2.33. The molecule has 0 bridgehead atoms. The Balaban J connectivity index is 1.37. The van der Waals surface area contributed by atoms with Gasteiger partial charge in [-0.3, -0.25) is 4.79 Å². The zero-order valence-electron chi connectivity index (χ0n) is 14.8. The van der Waals surface area contributed by atoms with Gasteiger partial charge in [0.2, 0.25) is 5.91 Å². The number of aliphatic hydroxyl groups is 1. The van der Waals surface area contributed by atoms with Crippen LogP contribution in [0.4, 0.5) is 4.39 Å². The molecule has 0 spiro atoms. The van der Waals surface area contributed by atoms with Crippen LogP contribution in [0.2, 0.25) is 0 Å². The largest absolute Gasteiger partial charge is 0.387 e. The fraction of sp³-hybridized carbons (Fsp3) is 0.650. The molecule has 1 aromatic rings. The van der Waals surface area contributed by atoms with Gasteiger partial charge in [-0.15, -0.1) is 0 Å². The standard InChI is InChI=1S/C20H29FN2O2/c21-17-7-5-16(6-8-17)19(24)14-23-11-9-18(10-12-23)22-20(25)13-15-3-1-2-4-15/h5-8,15,18-19,24H,1-4,9-14H2,(H,22,25). The second-order valence-corrected chi connectivity index (χ2v) is 7.56. The van der Waals surface area contributed by atoms with Crippen LogP contribution in [-0.4, -0.2) is 41.6 Å². The van der Waals surface area contributed by atoms with Crippen molar-refractivity contribution in [1.82, 2.24) is 10.2 Å². The van der Waals surface area contributed by atoms with Crippen molar-refractivity contribution in [2.75, 3.05) is 19.6 Å². The van der Waals surface area contributed by atoms with Crippen LogP contribution in [0, 0.1) is 11.7 Å². The molecule has 138 valence electrons. The van der Waals surface area contributed by atoms with Crippen LogP contribution in [-0.2, 0) is 4.79 Å². The van der Waals surface area contributed by atoms with Crippen molar-refractivity contribution in [2.45, 2.75) is 57.1 Å². The van der Waals surface area contributed by atoms with Crippen LogP contribution in [0.1, 0.15) is 56.6 Å². The second-order valence-electron chi connectivity index (χ2n) is 7.56. The molecule has 0 aromatic heterocycles. The molecule has 1 atom stereocenters. The predicted molar refractivity (Wildman–Crippen MR) is 95.5 cm³/mol. The van der Waals surface area contributed by atoms with Crippen molar-refractivity contribution in [1.29, 1.82) is 0 Å². The summed E-state index contributed by atoms with van der Waals surface area (Å²) in [5, 5.41) is 13.5. The number of nitrogens with one attached hydrogen (secondary N) is 1. The van der Waals surface area contributed by atoms with E-state index < -0.39 is 6.10 Å². The third kappa shape index (κ3) is 5.51. The van der Waals surface area contributed by atoms with Crippen LogP contribution < -0.4 is 5.32 Å². The average molecular weight is 348 g/mol. The maximum absolute atomic E-state index is 13.0. The Morgan fingerprint density at radius 2 is 1.80 bits per heavy atom. The highest BCUT2D eigenvalue weighted by atomic mass is 19.1. The fourth-order valence-corrected chi connectivity index (χ4v) is 4.06. The van der Waals surface area contributed by atoms with Gasteiger partial charge >= 0.3 is 0 Å². The zero-order valence-corrected chi connectivity index (χ0v) is 14.8. The lowest BCUT2D eigenvalue weighted by Crippen LogP contribution is -2.45. The minimum absolute atomic E-state index is 0.205. The van der Waals surface area contributed by atoms with Gasteiger partial charge in [-0.2, -0.15) is 0 Å². The summed E-state index contributed by atoms with van der Waals surface area (Å²) in [5.41, 5.74) is 0.744. The molecule has 1 saturated carbocycles. The van der Waals surface area contributed by atoms with Crippen LogP contribution >= 0.6 is 0 Å². The van der Waals surface area contributed by atoms with Crippen LogP contribution in [0.5, 0.6) is 0 Å². The first-order valence-corrected chi connectivity index (χ1v) is 9.55. The number of carbonyl (C=O) groups excluding carboxylic acids is 1. The van der Waals surface area contributed by atoms with E-state index in [1.165, 1.54) is 37.8 Å². The smallest absolute Gasteiger partial charge is 0.220 e. The normalized spacial score (nSPS) is 21.4. The van der Waals surface area contributed by atoms with Crippen molar-refractivity contribution in [3.05, 3.63) is 35.6 Å². The zero-order chi connectivity index (χ0) is 17.6. The molecule has 1 amide bonds. The van der Waals surface area contributed by atoms with Gasteiger partial charge in [-0.1, -0.05) is 25.0 Å². The van der Waals surface area contributed by atoms with E-state index in [4.69, 9.17) is 0 Å². The van der Waals surface area contributed by atoms with Crippen LogP contribution in [0.25, 0.3) is 0 Å². The number of hydrogen-bond donors (Lipinski definition) is 2. The molecule has 1 heterocycles. The molecule has 2 aliphatic rings. The highest BCUT2D eigenvalue weighted by molar-refractivity contribution is 5.76. The Kier molecular flexibility index (Phi) is 6.43. The summed E-state index contributed by atoms with van der Waals surface area (Å²) in [6, 6.07) is 6.29. The van der Waals surface area contributed by atoms with E-state index in [9.17, 15) is 14.3 Å². The van der Waals surface area contributed by atoms with Gasteiger partial charge in [0, 0.05) is 32.1 Å². The number of nitrogens with zero attached hydrogens (tertiary/aromatic N) is 1. The lowest BCUT2D eigenvalue weighted by molar-refractivity contribution is -0.123. The summed E-state index contributed by atoms with van der Waals surface area (Å²) >= 11 is 0. The van der Waals surface area contributed by atoms with Crippen LogP contribution in [0.15, 0.2) is 24.3 Å². The van der Waals surface area contributed by atoms with Gasteiger partial charge in [0.05, 0.1) is 6.10 Å². The quantitative estimate of drug-likeness (QED) is 0.831. The molecule has 2 N–H and O–H groups in total. The molecule has 1 aliphatic heterocycles.